The fourth-order valence-electron chi connectivity index (χ4n) is 1.72. The number of aliphatic carboxylic acids is 1. The van der Waals surface area contributed by atoms with E-state index >= 15 is 0 Å². The third kappa shape index (κ3) is 4.35. The zero-order valence-corrected chi connectivity index (χ0v) is 11.1. The second kappa shape index (κ2) is 6.87. The summed E-state index contributed by atoms with van der Waals surface area (Å²) in [5, 5.41) is 8.72. The molecule has 1 atom stereocenters. The third-order valence-electron chi connectivity index (χ3n) is 3.04. The molecule has 0 saturated carbocycles. The number of rotatable bonds is 6. The van der Waals surface area contributed by atoms with Crippen molar-refractivity contribution in [2.45, 2.75) is 32.7 Å². The van der Waals surface area contributed by atoms with Gasteiger partial charge in [-0.3, -0.25) is 9.59 Å². The number of carbonyl (C=O) groups excluding carboxylic acids is 1. The Balaban J connectivity index is 2.87. The zero-order chi connectivity index (χ0) is 14.4. The first-order chi connectivity index (χ1) is 8.95. The van der Waals surface area contributed by atoms with Gasteiger partial charge in [-0.2, -0.15) is 0 Å². The minimum atomic E-state index is -0.944. The molecule has 0 saturated heterocycles. The topological polar surface area (TPSA) is 57.6 Å². The smallest absolute Gasteiger partial charge is 0.305 e. The fraction of sp³-hybridized carbons (Fsp3) is 0.429. The summed E-state index contributed by atoms with van der Waals surface area (Å²) in [5.41, 5.74) is 0.368. The van der Waals surface area contributed by atoms with E-state index < -0.39 is 11.8 Å². The first kappa shape index (κ1) is 15.1. The van der Waals surface area contributed by atoms with Gasteiger partial charge in [-0.15, -0.1) is 0 Å². The molecule has 1 N–H and O–H groups in total. The Morgan fingerprint density at radius 1 is 1.32 bits per heavy atom. The molecule has 1 rings (SSSR count). The Labute approximate surface area is 111 Å². The minimum Gasteiger partial charge on any atom is -0.481 e. The van der Waals surface area contributed by atoms with E-state index in [1.807, 2.05) is 13.8 Å². The number of hydrogen-bond donors (Lipinski definition) is 1. The quantitative estimate of drug-likeness (QED) is 0.861. The number of nitrogens with zero attached hydrogens (tertiary/aromatic N) is 1. The van der Waals surface area contributed by atoms with Gasteiger partial charge in [0, 0.05) is 18.2 Å². The van der Waals surface area contributed by atoms with Gasteiger partial charge < -0.3 is 10.0 Å². The molecule has 1 amide bonds. The summed E-state index contributed by atoms with van der Waals surface area (Å²) in [5.74, 6) is -1.62. The van der Waals surface area contributed by atoms with Gasteiger partial charge in [0.05, 0.1) is 6.42 Å². The van der Waals surface area contributed by atoms with Crippen LogP contribution in [0.2, 0.25) is 0 Å². The summed E-state index contributed by atoms with van der Waals surface area (Å²) >= 11 is 0. The number of halogens is 1. The van der Waals surface area contributed by atoms with Crippen LogP contribution in [0.3, 0.4) is 0 Å². The Bertz CT molecular complexity index is 445. The number of hydrogen-bond acceptors (Lipinski definition) is 2. The zero-order valence-electron chi connectivity index (χ0n) is 11.1. The average Bonchev–Trinajstić information content (AvgIpc) is 2.38. The van der Waals surface area contributed by atoms with Crippen molar-refractivity contribution in [2.24, 2.45) is 0 Å². The normalized spacial score (nSPS) is 11.9. The monoisotopic (exact) mass is 267 g/mol. The average molecular weight is 267 g/mol. The molecule has 0 spiro atoms. The van der Waals surface area contributed by atoms with Gasteiger partial charge in [-0.25, -0.2) is 4.39 Å². The highest BCUT2D eigenvalue weighted by Crippen LogP contribution is 2.12. The van der Waals surface area contributed by atoms with E-state index in [1.54, 1.807) is 0 Å². The van der Waals surface area contributed by atoms with Crippen molar-refractivity contribution in [3.8, 4) is 0 Å². The van der Waals surface area contributed by atoms with E-state index in [0.29, 0.717) is 5.56 Å². The molecular formula is C14H18FNO3. The molecule has 0 fully saturated rings. The van der Waals surface area contributed by atoms with Crippen LogP contribution in [0.5, 0.6) is 0 Å². The Kier molecular flexibility index (Phi) is 5.48. The van der Waals surface area contributed by atoms with Crippen molar-refractivity contribution in [3.05, 3.63) is 35.6 Å². The van der Waals surface area contributed by atoms with Gasteiger partial charge in [0.1, 0.15) is 5.82 Å². The standard InChI is InChI=1S/C14H18FNO3/c1-3-10(2)16(9-8-13(17)18)14(19)11-4-6-12(15)7-5-11/h4-7,10H,3,8-9H2,1-2H3,(H,17,18). The van der Waals surface area contributed by atoms with Gasteiger partial charge in [0.25, 0.3) is 5.91 Å². The lowest BCUT2D eigenvalue weighted by Crippen LogP contribution is -2.39. The summed E-state index contributed by atoms with van der Waals surface area (Å²) in [6.45, 7) is 3.94. The lowest BCUT2D eigenvalue weighted by atomic mass is 10.1. The molecule has 4 nitrogen and oxygen atoms in total. The maximum Gasteiger partial charge on any atom is 0.305 e. The molecule has 1 unspecified atom stereocenters. The fourth-order valence-corrected chi connectivity index (χ4v) is 1.72. The van der Waals surface area contributed by atoms with E-state index in [1.165, 1.54) is 29.2 Å². The molecule has 1 aromatic rings. The Morgan fingerprint density at radius 2 is 1.89 bits per heavy atom. The maximum atomic E-state index is 12.8. The van der Waals surface area contributed by atoms with E-state index in [-0.39, 0.29) is 24.9 Å². The highest BCUT2D eigenvalue weighted by molar-refractivity contribution is 5.94. The van der Waals surface area contributed by atoms with Gasteiger partial charge >= 0.3 is 5.97 Å². The van der Waals surface area contributed by atoms with Crippen molar-refractivity contribution in [1.82, 2.24) is 4.90 Å². The Morgan fingerprint density at radius 3 is 2.37 bits per heavy atom. The van der Waals surface area contributed by atoms with Gasteiger partial charge in [-0.1, -0.05) is 6.92 Å². The largest absolute Gasteiger partial charge is 0.481 e. The van der Waals surface area contributed by atoms with Crippen LogP contribution in [-0.2, 0) is 4.79 Å². The molecule has 0 aromatic heterocycles. The van der Waals surface area contributed by atoms with Crippen LogP contribution in [0.1, 0.15) is 37.0 Å². The number of carbonyl (C=O) groups is 2. The van der Waals surface area contributed by atoms with Crippen molar-refractivity contribution in [2.75, 3.05) is 6.54 Å². The highest BCUT2D eigenvalue weighted by atomic mass is 19.1. The molecule has 0 aliphatic heterocycles. The second-order valence-corrected chi connectivity index (χ2v) is 4.41. The van der Waals surface area contributed by atoms with Crippen LogP contribution in [0.4, 0.5) is 4.39 Å². The molecular weight excluding hydrogens is 249 g/mol. The van der Waals surface area contributed by atoms with Crippen molar-refractivity contribution >= 4 is 11.9 Å². The van der Waals surface area contributed by atoms with Crippen LogP contribution in [0.25, 0.3) is 0 Å². The van der Waals surface area contributed by atoms with Crippen LogP contribution in [0, 0.1) is 5.82 Å². The molecule has 104 valence electrons. The van der Waals surface area contributed by atoms with E-state index in [9.17, 15) is 14.0 Å². The van der Waals surface area contributed by atoms with Gasteiger partial charge in [-0.05, 0) is 37.6 Å². The molecule has 0 heterocycles. The van der Waals surface area contributed by atoms with Crippen LogP contribution >= 0.6 is 0 Å². The van der Waals surface area contributed by atoms with E-state index in [0.717, 1.165) is 6.42 Å². The second-order valence-electron chi connectivity index (χ2n) is 4.41. The predicted octanol–water partition coefficient (Wildman–Crippen LogP) is 2.54. The lowest BCUT2D eigenvalue weighted by Gasteiger charge is -2.28. The van der Waals surface area contributed by atoms with Crippen LogP contribution in [-0.4, -0.2) is 34.5 Å². The third-order valence-corrected chi connectivity index (χ3v) is 3.04. The molecule has 0 aliphatic rings. The van der Waals surface area contributed by atoms with Gasteiger partial charge in [0.15, 0.2) is 0 Å². The summed E-state index contributed by atoms with van der Waals surface area (Å²) in [4.78, 5) is 24.4. The van der Waals surface area contributed by atoms with E-state index in [2.05, 4.69) is 0 Å². The SMILES string of the molecule is CCC(C)N(CCC(=O)O)C(=O)c1ccc(F)cc1. The summed E-state index contributed by atoms with van der Waals surface area (Å²) < 4.78 is 12.8. The van der Waals surface area contributed by atoms with E-state index in [4.69, 9.17) is 5.11 Å². The van der Waals surface area contributed by atoms with Crippen LogP contribution in [0.15, 0.2) is 24.3 Å². The first-order valence-corrected chi connectivity index (χ1v) is 6.24. The summed E-state index contributed by atoms with van der Waals surface area (Å²) in [7, 11) is 0. The summed E-state index contributed by atoms with van der Waals surface area (Å²) in [6, 6.07) is 5.21. The number of carboxylic acid groups (broad SMARTS) is 1. The molecule has 5 heteroatoms. The molecule has 19 heavy (non-hydrogen) atoms. The van der Waals surface area contributed by atoms with Crippen molar-refractivity contribution in [1.29, 1.82) is 0 Å². The van der Waals surface area contributed by atoms with Crippen LogP contribution < -0.4 is 0 Å². The minimum absolute atomic E-state index is 0.0584. The number of carboxylic acids is 1. The Hall–Kier alpha value is -1.91. The maximum absolute atomic E-state index is 12.8. The van der Waals surface area contributed by atoms with Crippen molar-refractivity contribution < 1.29 is 19.1 Å². The highest BCUT2D eigenvalue weighted by Gasteiger charge is 2.21. The summed E-state index contributed by atoms with van der Waals surface area (Å²) in [6.07, 6.45) is 0.629. The molecule has 0 radical (unpaired) electrons. The number of amides is 1. The van der Waals surface area contributed by atoms with Crippen molar-refractivity contribution in [3.63, 3.8) is 0 Å². The number of benzene rings is 1. The molecule has 0 bridgehead atoms. The first-order valence-electron chi connectivity index (χ1n) is 6.24. The van der Waals surface area contributed by atoms with Gasteiger partial charge in [0.2, 0.25) is 0 Å². The predicted molar refractivity (Wildman–Crippen MR) is 69.4 cm³/mol. The molecule has 1 aromatic carbocycles. The lowest BCUT2D eigenvalue weighted by molar-refractivity contribution is -0.137. The molecule has 0 aliphatic carbocycles.